The van der Waals surface area contributed by atoms with Gasteiger partial charge in [-0.15, -0.1) is 0 Å². The van der Waals surface area contributed by atoms with Gasteiger partial charge in [0.1, 0.15) is 18.1 Å². The van der Waals surface area contributed by atoms with Crippen LogP contribution in [0.2, 0.25) is 18.1 Å². The van der Waals surface area contributed by atoms with Crippen LogP contribution in [0.5, 0.6) is 11.6 Å². The van der Waals surface area contributed by atoms with Crippen molar-refractivity contribution in [2.45, 2.75) is 83.8 Å². The summed E-state index contributed by atoms with van der Waals surface area (Å²) in [6.07, 6.45) is 3.28. The maximum Gasteiger partial charge on any atom is 0.250 e. The molecule has 8 nitrogen and oxygen atoms in total. The minimum atomic E-state index is -2.01. The average Bonchev–Trinajstić information content (AvgIpc) is 3.25. The van der Waals surface area contributed by atoms with Crippen LogP contribution >= 0.6 is 0 Å². The molecule has 1 N–H and O–H groups in total. The molecule has 0 amide bonds. The fraction of sp³-hybridized carbons (Fsp3) is 0.586. The second kappa shape index (κ2) is 12.2. The monoisotopic (exact) mass is 541 g/mol. The lowest BCUT2D eigenvalue weighted by atomic mass is 10.1. The van der Waals surface area contributed by atoms with Gasteiger partial charge in [0.2, 0.25) is 14.2 Å². The van der Waals surface area contributed by atoms with Crippen LogP contribution in [0.25, 0.3) is 22.3 Å². The lowest BCUT2D eigenvalue weighted by Crippen LogP contribution is -2.43. The molecule has 1 aliphatic rings. The number of ether oxygens (including phenoxy) is 3. The Balaban J connectivity index is 1.62. The van der Waals surface area contributed by atoms with E-state index in [2.05, 4.69) is 52.1 Å². The van der Waals surface area contributed by atoms with E-state index < -0.39 is 8.32 Å². The molecule has 3 heterocycles. The number of aliphatic hydroxyl groups excluding tert-OH is 1. The van der Waals surface area contributed by atoms with Crippen molar-refractivity contribution >= 4 is 19.2 Å². The van der Waals surface area contributed by atoms with E-state index in [1.54, 1.807) is 6.92 Å². The number of hydrogen-bond donors (Lipinski definition) is 1. The van der Waals surface area contributed by atoms with Gasteiger partial charge in [0.15, 0.2) is 6.23 Å². The third-order valence-electron chi connectivity index (χ3n) is 7.41. The quantitative estimate of drug-likeness (QED) is 0.224. The summed E-state index contributed by atoms with van der Waals surface area (Å²) >= 11 is 0. The molecule has 0 saturated carbocycles. The highest BCUT2D eigenvalue weighted by atomic mass is 28.4. The molecule has 2 aromatic heterocycles. The summed E-state index contributed by atoms with van der Waals surface area (Å²) in [5.74, 6) is 1.38. The van der Waals surface area contributed by atoms with Crippen LogP contribution in [0.15, 0.2) is 36.4 Å². The molecule has 3 aromatic rings. The van der Waals surface area contributed by atoms with Crippen molar-refractivity contribution in [1.29, 1.82) is 0 Å². The van der Waals surface area contributed by atoms with E-state index in [1.165, 1.54) is 0 Å². The third-order valence-corrected chi connectivity index (χ3v) is 11.8. The van der Waals surface area contributed by atoms with Gasteiger partial charge in [-0.2, -0.15) is 5.10 Å². The third kappa shape index (κ3) is 6.94. The minimum Gasteiger partial charge on any atom is -0.543 e. The van der Waals surface area contributed by atoms with Gasteiger partial charge in [0.05, 0.1) is 23.9 Å². The number of rotatable bonds is 11. The number of pyridine rings is 1. The summed E-state index contributed by atoms with van der Waals surface area (Å²) in [4.78, 5) is 4.77. The number of benzene rings is 1. The molecular formula is C29H43N3O5Si. The molecule has 0 aliphatic carbocycles. The summed E-state index contributed by atoms with van der Waals surface area (Å²) in [6.45, 7) is 15.1. The summed E-state index contributed by atoms with van der Waals surface area (Å²) in [7, 11) is -2.01. The van der Waals surface area contributed by atoms with Crippen LogP contribution in [-0.2, 0) is 9.47 Å². The first-order chi connectivity index (χ1) is 18.0. The molecular weight excluding hydrogens is 498 g/mol. The Hall–Kier alpha value is -2.46. The first kappa shape index (κ1) is 28.5. The molecule has 4 rings (SSSR count). The van der Waals surface area contributed by atoms with Crippen molar-refractivity contribution in [3.63, 3.8) is 0 Å². The Kier molecular flexibility index (Phi) is 9.13. The van der Waals surface area contributed by atoms with E-state index in [1.807, 2.05) is 22.9 Å². The fourth-order valence-corrected chi connectivity index (χ4v) is 5.17. The van der Waals surface area contributed by atoms with Crippen molar-refractivity contribution < 1.29 is 23.7 Å². The lowest BCUT2D eigenvalue weighted by Gasteiger charge is -2.36. The van der Waals surface area contributed by atoms with Gasteiger partial charge in [-0.3, -0.25) is 0 Å². The van der Waals surface area contributed by atoms with E-state index in [0.717, 1.165) is 53.9 Å². The normalized spacial score (nSPS) is 17.5. The molecule has 2 unspecified atom stereocenters. The highest BCUT2D eigenvalue weighted by molar-refractivity contribution is 6.74. The highest BCUT2D eigenvalue weighted by Gasteiger charge is 2.39. The van der Waals surface area contributed by atoms with Crippen molar-refractivity contribution in [3.8, 4) is 23.0 Å². The summed E-state index contributed by atoms with van der Waals surface area (Å²) in [6, 6.07) is 12.0. The molecule has 1 saturated heterocycles. The topological polar surface area (TPSA) is 87.9 Å². The number of nitrogens with zero attached hydrogens (tertiary/aromatic N) is 3. The van der Waals surface area contributed by atoms with E-state index in [-0.39, 0.29) is 17.4 Å². The number of fused-ring (bicyclic) bond motifs is 1. The average molecular weight is 542 g/mol. The van der Waals surface area contributed by atoms with Gasteiger partial charge in [0.25, 0.3) is 0 Å². The zero-order chi connectivity index (χ0) is 27.3. The molecule has 0 radical (unpaired) electrons. The standard InChI is InChI=1S/C29H43N3O5Si/c1-21(33)15-17-34-18-19-35-26-11-9-10-24(30-26)28-23-20-22(37-38(5,6)29(2,3)4)13-14-25(23)32(31-28)27-12-7-8-16-36-27/h9-11,13-14,20-21,27,33H,7-8,12,15-19H2,1-6H3. The van der Waals surface area contributed by atoms with Gasteiger partial charge >= 0.3 is 0 Å². The Morgan fingerprint density at radius 2 is 1.95 bits per heavy atom. The number of aromatic nitrogens is 3. The molecule has 1 aliphatic heterocycles. The smallest absolute Gasteiger partial charge is 0.250 e. The Morgan fingerprint density at radius 1 is 1.13 bits per heavy atom. The van der Waals surface area contributed by atoms with Gasteiger partial charge < -0.3 is 23.7 Å². The summed E-state index contributed by atoms with van der Waals surface area (Å²) < 4.78 is 26.1. The second-order valence-electron chi connectivity index (χ2n) is 11.6. The first-order valence-corrected chi connectivity index (χ1v) is 16.6. The second-order valence-corrected chi connectivity index (χ2v) is 16.3. The van der Waals surface area contributed by atoms with Crippen LogP contribution in [-0.4, -0.2) is 60.7 Å². The van der Waals surface area contributed by atoms with Crippen LogP contribution in [0.3, 0.4) is 0 Å². The zero-order valence-corrected chi connectivity index (χ0v) is 24.7. The summed E-state index contributed by atoms with van der Waals surface area (Å²) in [5.41, 5.74) is 2.53. The van der Waals surface area contributed by atoms with Crippen LogP contribution in [0.1, 0.15) is 59.6 Å². The Bertz CT molecular complexity index is 1200. The van der Waals surface area contributed by atoms with E-state index >= 15 is 0 Å². The lowest BCUT2D eigenvalue weighted by molar-refractivity contribution is -0.0365. The Labute approximate surface area is 227 Å². The van der Waals surface area contributed by atoms with Gasteiger partial charge in [0, 0.05) is 24.7 Å². The molecule has 38 heavy (non-hydrogen) atoms. The number of aliphatic hydroxyl groups is 1. The van der Waals surface area contributed by atoms with Crippen LogP contribution in [0.4, 0.5) is 0 Å². The van der Waals surface area contributed by atoms with Crippen molar-refractivity contribution in [3.05, 3.63) is 36.4 Å². The molecule has 1 fully saturated rings. The molecule has 0 bridgehead atoms. The first-order valence-electron chi connectivity index (χ1n) is 13.7. The SMILES string of the molecule is CC(O)CCOCCOc1cccc(-c2nn(C3CCCCO3)c3ccc(O[Si](C)(C)C(C)(C)C)cc23)n1. The van der Waals surface area contributed by atoms with Crippen LogP contribution < -0.4 is 9.16 Å². The van der Waals surface area contributed by atoms with Gasteiger partial charge in [-0.05, 0) is 75.0 Å². The minimum absolute atomic E-state index is 0.0922. The van der Waals surface area contributed by atoms with Gasteiger partial charge in [-0.25, -0.2) is 9.67 Å². The fourth-order valence-electron chi connectivity index (χ4n) is 4.14. The molecule has 9 heteroatoms. The Morgan fingerprint density at radius 3 is 2.66 bits per heavy atom. The van der Waals surface area contributed by atoms with Crippen LogP contribution in [0, 0.1) is 0 Å². The summed E-state index contributed by atoms with van der Waals surface area (Å²) in [5, 5.41) is 15.5. The molecule has 1 aromatic carbocycles. The van der Waals surface area contributed by atoms with E-state index in [9.17, 15) is 5.11 Å². The predicted octanol–water partition coefficient (Wildman–Crippen LogP) is 6.35. The van der Waals surface area contributed by atoms with Crippen molar-refractivity contribution in [2.75, 3.05) is 26.4 Å². The van der Waals surface area contributed by atoms with E-state index in [0.29, 0.717) is 32.1 Å². The zero-order valence-electron chi connectivity index (χ0n) is 23.7. The highest BCUT2D eigenvalue weighted by Crippen LogP contribution is 2.39. The van der Waals surface area contributed by atoms with Crippen molar-refractivity contribution in [2.24, 2.45) is 0 Å². The number of hydrogen-bond acceptors (Lipinski definition) is 7. The van der Waals surface area contributed by atoms with E-state index in [4.69, 9.17) is 28.7 Å². The largest absolute Gasteiger partial charge is 0.543 e. The van der Waals surface area contributed by atoms with Gasteiger partial charge in [-0.1, -0.05) is 26.8 Å². The molecule has 208 valence electrons. The maximum atomic E-state index is 9.35. The van der Waals surface area contributed by atoms with Crippen molar-refractivity contribution in [1.82, 2.24) is 14.8 Å². The predicted molar refractivity (Wildman–Crippen MR) is 152 cm³/mol. The molecule has 0 spiro atoms. The molecule has 2 atom stereocenters. The maximum absolute atomic E-state index is 9.35.